The fourth-order valence-electron chi connectivity index (χ4n) is 1.97. The second-order valence-electron chi connectivity index (χ2n) is 4.20. The monoisotopic (exact) mass is 241 g/mol. The highest BCUT2D eigenvalue weighted by Crippen LogP contribution is 2.25. The summed E-state index contributed by atoms with van der Waals surface area (Å²) in [6.07, 6.45) is 0. The smallest absolute Gasteiger partial charge is 0.126 e. The number of aryl methyl sites for hydroxylation is 2. The number of rotatable bonds is 5. The Kier molecular flexibility index (Phi) is 5.10. The van der Waals surface area contributed by atoms with Crippen molar-refractivity contribution in [1.82, 2.24) is 4.90 Å². The lowest BCUT2D eigenvalue weighted by molar-refractivity contribution is 0.334. The van der Waals surface area contributed by atoms with E-state index in [4.69, 9.17) is 16.3 Å². The summed E-state index contributed by atoms with van der Waals surface area (Å²) < 4.78 is 5.45. The Balaban J connectivity index is 2.93. The lowest BCUT2D eigenvalue weighted by Crippen LogP contribution is -2.20. The first-order valence-electron chi connectivity index (χ1n) is 5.47. The molecule has 0 atom stereocenters. The van der Waals surface area contributed by atoms with Gasteiger partial charge in [-0.2, -0.15) is 0 Å². The standard InChI is InChI=1S/C13H20ClNO/c1-10-7-11(2)13(16-4)12(8-10)9-15(3)6-5-14/h7-8H,5-6,9H2,1-4H3. The second-order valence-corrected chi connectivity index (χ2v) is 4.58. The van der Waals surface area contributed by atoms with E-state index in [-0.39, 0.29) is 0 Å². The predicted molar refractivity (Wildman–Crippen MR) is 69.5 cm³/mol. The highest BCUT2D eigenvalue weighted by Gasteiger charge is 2.09. The number of methoxy groups -OCH3 is 1. The summed E-state index contributed by atoms with van der Waals surface area (Å²) in [5.74, 6) is 1.65. The van der Waals surface area contributed by atoms with E-state index in [1.165, 1.54) is 16.7 Å². The summed E-state index contributed by atoms with van der Waals surface area (Å²) in [7, 11) is 3.79. The molecule has 0 fully saturated rings. The van der Waals surface area contributed by atoms with Crippen LogP contribution in [0.4, 0.5) is 0 Å². The first kappa shape index (κ1) is 13.3. The third kappa shape index (κ3) is 3.39. The molecule has 16 heavy (non-hydrogen) atoms. The van der Waals surface area contributed by atoms with Gasteiger partial charge >= 0.3 is 0 Å². The van der Waals surface area contributed by atoms with Gasteiger partial charge in [-0.15, -0.1) is 11.6 Å². The van der Waals surface area contributed by atoms with Crippen molar-refractivity contribution < 1.29 is 4.74 Å². The molecule has 3 heteroatoms. The van der Waals surface area contributed by atoms with Gasteiger partial charge in [-0.25, -0.2) is 0 Å². The molecule has 0 aliphatic carbocycles. The molecule has 1 aromatic rings. The summed E-state index contributed by atoms with van der Waals surface area (Å²) in [6, 6.07) is 4.32. The molecule has 90 valence electrons. The van der Waals surface area contributed by atoms with E-state index in [0.29, 0.717) is 5.88 Å². The van der Waals surface area contributed by atoms with Crippen molar-refractivity contribution in [3.05, 3.63) is 28.8 Å². The van der Waals surface area contributed by atoms with E-state index >= 15 is 0 Å². The maximum absolute atomic E-state index is 5.73. The largest absolute Gasteiger partial charge is 0.496 e. The van der Waals surface area contributed by atoms with E-state index in [9.17, 15) is 0 Å². The summed E-state index contributed by atoms with van der Waals surface area (Å²) in [6.45, 7) is 5.95. The molecule has 0 amide bonds. The van der Waals surface area contributed by atoms with Crippen LogP contribution in [0.1, 0.15) is 16.7 Å². The van der Waals surface area contributed by atoms with Crippen LogP contribution >= 0.6 is 11.6 Å². The average Bonchev–Trinajstić information content (AvgIpc) is 2.17. The first-order chi connectivity index (χ1) is 7.58. The van der Waals surface area contributed by atoms with Crippen molar-refractivity contribution in [1.29, 1.82) is 0 Å². The van der Waals surface area contributed by atoms with Crippen LogP contribution in [-0.4, -0.2) is 31.5 Å². The van der Waals surface area contributed by atoms with Gasteiger partial charge in [-0.05, 0) is 26.5 Å². The number of benzene rings is 1. The molecule has 0 aliphatic heterocycles. The number of nitrogens with zero attached hydrogens (tertiary/aromatic N) is 1. The Morgan fingerprint density at radius 3 is 2.56 bits per heavy atom. The van der Waals surface area contributed by atoms with Crippen molar-refractivity contribution in [2.24, 2.45) is 0 Å². The number of hydrogen-bond acceptors (Lipinski definition) is 2. The molecule has 2 nitrogen and oxygen atoms in total. The minimum absolute atomic E-state index is 0.656. The molecule has 0 spiro atoms. The highest BCUT2D eigenvalue weighted by molar-refractivity contribution is 6.18. The summed E-state index contributed by atoms with van der Waals surface area (Å²) in [5, 5.41) is 0. The number of ether oxygens (including phenoxy) is 1. The molecule has 0 bridgehead atoms. The molecular formula is C13H20ClNO. The molecule has 0 aliphatic rings. The first-order valence-corrected chi connectivity index (χ1v) is 6.00. The maximum Gasteiger partial charge on any atom is 0.126 e. The number of alkyl halides is 1. The van der Waals surface area contributed by atoms with Crippen LogP contribution in [0.25, 0.3) is 0 Å². The lowest BCUT2D eigenvalue weighted by atomic mass is 10.1. The van der Waals surface area contributed by atoms with E-state index in [2.05, 4.69) is 37.9 Å². The molecule has 0 radical (unpaired) electrons. The molecule has 0 aromatic heterocycles. The normalized spacial score (nSPS) is 10.9. The van der Waals surface area contributed by atoms with E-state index in [0.717, 1.165) is 18.8 Å². The maximum atomic E-state index is 5.73. The molecule has 1 aromatic carbocycles. The van der Waals surface area contributed by atoms with E-state index in [1.54, 1.807) is 7.11 Å². The molecule has 0 heterocycles. The Morgan fingerprint density at radius 2 is 2.00 bits per heavy atom. The summed E-state index contributed by atoms with van der Waals surface area (Å²) in [5.41, 5.74) is 3.69. The van der Waals surface area contributed by atoms with Crippen LogP contribution < -0.4 is 4.74 Å². The van der Waals surface area contributed by atoms with Crippen molar-refractivity contribution in [2.75, 3.05) is 26.6 Å². The molecule has 0 unspecified atom stereocenters. The number of halogens is 1. The topological polar surface area (TPSA) is 12.5 Å². The van der Waals surface area contributed by atoms with Crippen LogP contribution in [0.3, 0.4) is 0 Å². The molecule has 0 saturated carbocycles. The highest BCUT2D eigenvalue weighted by atomic mass is 35.5. The van der Waals surface area contributed by atoms with Crippen molar-refractivity contribution in [3.63, 3.8) is 0 Å². The van der Waals surface area contributed by atoms with Crippen molar-refractivity contribution in [2.45, 2.75) is 20.4 Å². The van der Waals surface area contributed by atoms with Gasteiger partial charge in [0.2, 0.25) is 0 Å². The van der Waals surface area contributed by atoms with Crippen LogP contribution in [0.2, 0.25) is 0 Å². The SMILES string of the molecule is COc1c(C)cc(C)cc1CN(C)CCCl. The summed E-state index contributed by atoms with van der Waals surface area (Å²) in [4.78, 5) is 2.20. The van der Waals surface area contributed by atoms with Gasteiger partial charge in [-0.3, -0.25) is 0 Å². The third-order valence-electron chi connectivity index (χ3n) is 2.61. The zero-order chi connectivity index (χ0) is 12.1. The quantitative estimate of drug-likeness (QED) is 0.735. The van der Waals surface area contributed by atoms with Gasteiger partial charge in [0.25, 0.3) is 0 Å². The van der Waals surface area contributed by atoms with Crippen LogP contribution in [0.5, 0.6) is 5.75 Å². The Hall–Kier alpha value is -0.730. The zero-order valence-electron chi connectivity index (χ0n) is 10.5. The van der Waals surface area contributed by atoms with E-state index in [1.807, 2.05) is 0 Å². The van der Waals surface area contributed by atoms with Crippen molar-refractivity contribution in [3.8, 4) is 5.75 Å². The van der Waals surface area contributed by atoms with Crippen LogP contribution in [0, 0.1) is 13.8 Å². The fourth-order valence-corrected chi connectivity index (χ4v) is 2.25. The Labute approximate surface area is 103 Å². The van der Waals surface area contributed by atoms with Crippen LogP contribution in [-0.2, 0) is 6.54 Å². The van der Waals surface area contributed by atoms with Gasteiger partial charge in [0.15, 0.2) is 0 Å². The fraction of sp³-hybridized carbons (Fsp3) is 0.538. The minimum atomic E-state index is 0.656. The van der Waals surface area contributed by atoms with Crippen LogP contribution in [0.15, 0.2) is 12.1 Å². The Bertz CT molecular complexity index is 352. The minimum Gasteiger partial charge on any atom is -0.496 e. The zero-order valence-corrected chi connectivity index (χ0v) is 11.3. The summed E-state index contributed by atoms with van der Waals surface area (Å²) >= 11 is 5.73. The number of hydrogen-bond donors (Lipinski definition) is 0. The van der Waals surface area contributed by atoms with Gasteiger partial charge in [-0.1, -0.05) is 17.7 Å². The second kappa shape index (κ2) is 6.12. The molecule has 0 saturated heterocycles. The Morgan fingerprint density at radius 1 is 1.31 bits per heavy atom. The third-order valence-corrected chi connectivity index (χ3v) is 2.78. The molecule has 0 N–H and O–H groups in total. The van der Waals surface area contributed by atoms with Crippen molar-refractivity contribution >= 4 is 11.6 Å². The molecule has 1 rings (SSSR count). The van der Waals surface area contributed by atoms with Gasteiger partial charge in [0.1, 0.15) is 5.75 Å². The lowest BCUT2D eigenvalue weighted by Gasteiger charge is -2.19. The van der Waals surface area contributed by atoms with Gasteiger partial charge in [0, 0.05) is 24.5 Å². The van der Waals surface area contributed by atoms with Gasteiger partial charge in [0.05, 0.1) is 7.11 Å². The average molecular weight is 242 g/mol. The predicted octanol–water partition coefficient (Wildman–Crippen LogP) is 2.98. The molecular weight excluding hydrogens is 222 g/mol. The van der Waals surface area contributed by atoms with Gasteiger partial charge < -0.3 is 9.64 Å². The van der Waals surface area contributed by atoms with E-state index < -0.39 is 0 Å².